The van der Waals surface area contributed by atoms with Crippen LogP contribution in [0.2, 0.25) is 0 Å². The molecule has 6 heteroatoms. The Labute approximate surface area is 112 Å². The second kappa shape index (κ2) is 5.63. The lowest BCUT2D eigenvalue weighted by molar-refractivity contribution is 0.0954. The smallest absolute Gasteiger partial charge is 0.253 e. The van der Waals surface area contributed by atoms with Crippen molar-refractivity contribution in [2.75, 3.05) is 6.54 Å². The van der Waals surface area contributed by atoms with Crippen molar-refractivity contribution in [3.05, 3.63) is 19.2 Å². The van der Waals surface area contributed by atoms with Crippen molar-refractivity contribution in [3.8, 4) is 0 Å². The molecule has 1 N–H and O–H groups in total. The number of carbonyl (C=O) groups is 1. The molecule has 0 spiro atoms. The molecule has 0 aliphatic carbocycles. The van der Waals surface area contributed by atoms with Gasteiger partial charge in [0.15, 0.2) is 0 Å². The molecule has 0 saturated heterocycles. The molecule has 1 heterocycles. The van der Waals surface area contributed by atoms with E-state index in [1.807, 2.05) is 13.0 Å². The molecule has 0 aromatic carbocycles. The van der Waals surface area contributed by atoms with Gasteiger partial charge in [0.05, 0.1) is 13.1 Å². The summed E-state index contributed by atoms with van der Waals surface area (Å²) in [5.74, 6) is -0.0508. The largest absolute Gasteiger partial charge is 0.351 e. The van der Waals surface area contributed by atoms with Crippen LogP contribution in [0.1, 0.15) is 17.3 Å². The number of thiophene rings is 1. The molecule has 0 aliphatic rings. The van der Waals surface area contributed by atoms with Crippen LogP contribution in [0.3, 0.4) is 0 Å². The van der Waals surface area contributed by atoms with Crippen molar-refractivity contribution < 1.29 is 4.79 Å². The number of carbonyl (C=O) groups excluding carboxylic acids is 1. The first-order valence-corrected chi connectivity index (χ1v) is 7.19. The maximum absolute atomic E-state index is 11.6. The Bertz CT molecular complexity index is 337. The molecule has 1 unspecified atom stereocenters. The van der Waals surface area contributed by atoms with Crippen molar-refractivity contribution in [2.45, 2.75) is 11.8 Å². The van der Waals surface area contributed by atoms with Crippen LogP contribution in [0.25, 0.3) is 0 Å². The molecule has 1 aromatic heterocycles. The maximum Gasteiger partial charge on any atom is 0.253 e. The minimum atomic E-state index is -0.0508. The SMILES string of the molecule is CC(Br)CNC(=O)c1cc(Br)sc1Br. The highest BCUT2D eigenvalue weighted by atomic mass is 79.9. The summed E-state index contributed by atoms with van der Waals surface area (Å²) in [6, 6.07) is 1.81. The normalized spacial score (nSPS) is 12.6. The van der Waals surface area contributed by atoms with Crippen LogP contribution in [0.4, 0.5) is 0 Å². The Balaban J connectivity index is 2.65. The Kier molecular flexibility index (Phi) is 5.10. The van der Waals surface area contributed by atoms with Gasteiger partial charge in [0.25, 0.3) is 5.91 Å². The first kappa shape index (κ1) is 12.7. The maximum atomic E-state index is 11.6. The van der Waals surface area contributed by atoms with Gasteiger partial charge in [-0.25, -0.2) is 0 Å². The lowest BCUT2D eigenvalue weighted by Crippen LogP contribution is -2.28. The molecule has 0 bridgehead atoms. The molecule has 1 aromatic rings. The highest BCUT2D eigenvalue weighted by molar-refractivity contribution is 9.12. The third-order valence-corrected chi connectivity index (χ3v) is 4.11. The van der Waals surface area contributed by atoms with Crippen molar-refractivity contribution in [3.63, 3.8) is 0 Å². The first-order valence-electron chi connectivity index (χ1n) is 3.88. The van der Waals surface area contributed by atoms with E-state index in [0.717, 1.165) is 7.57 Å². The van der Waals surface area contributed by atoms with E-state index in [-0.39, 0.29) is 10.7 Å². The number of hydrogen-bond acceptors (Lipinski definition) is 2. The van der Waals surface area contributed by atoms with E-state index < -0.39 is 0 Å². The molecule has 78 valence electrons. The fraction of sp³-hybridized carbons (Fsp3) is 0.375. The van der Waals surface area contributed by atoms with Gasteiger partial charge in [-0.2, -0.15) is 0 Å². The second-order valence-electron chi connectivity index (χ2n) is 2.73. The molecule has 0 aliphatic heterocycles. The fourth-order valence-electron chi connectivity index (χ4n) is 0.824. The quantitative estimate of drug-likeness (QED) is 0.762. The van der Waals surface area contributed by atoms with E-state index in [1.165, 1.54) is 11.3 Å². The van der Waals surface area contributed by atoms with Crippen molar-refractivity contribution in [1.82, 2.24) is 5.32 Å². The number of halogens is 3. The monoisotopic (exact) mass is 403 g/mol. The summed E-state index contributed by atoms with van der Waals surface area (Å²) >= 11 is 11.5. The van der Waals surface area contributed by atoms with Gasteiger partial charge in [0.1, 0.15) is 0 Å². The van der Waals surface area contributed by atoms with Crippen LogP contribution in [0, 0.1) is 0 Å². The predicted molar refractivity (Wildman–Crippen MR) is 70.4 cm³/mol. The molecule has 0 fully saturated rings. The number of alkyl halides is 1. The number of rotatable bonds is 3. The van der Waals surface area contributed by atoms with E-state index >= 15 is 0 Å². The lowest BCUT2D eigenvalue weighted by atomic mass is 10.3. The summed E-state index contributed by atoms with van der Waals surface area (Å²) in [6.07, 6.45) is 0. The Morgan fingerprint density at radius 1 is 1.64 bits per heavy atom. The van der Waals surface area contributed by atoms with Crippen LogP contribution in [0.15, 0.2) is 13.6 Å². The van der Waals surface area contributed by atoms with E-state index in [1.54, 1.807) is 0 Å². The van der Waals surface area contributed by atoms with E-state index in [9.17, 15) is 4.79 Å². The Hall–Kier alpha value is 0.610. The molecule has 1 atom stereocenters. The molecule has 1 amide bonds. The van der Waals surface area contributed by atoms with Crippen molar-refractivity contribution >= 4 is 65.0 Å². The van der Waals surface area contributed by atoms with E-state index in [2.05, 4.69) is 53.1 Å². The highest BCUT2D eigenvalue weighted by Crippen LogP contribution is 2.31. The molecule has 14 heavy (non-hydrogen) atoms. The molecule has 2 nitrogen and oxygen atoms in total. The topological polar surface area (TPSA) is 29.1 Å². The van der Waals surface area contributed by atoms with Crippen LogP contribution >= 0.6 is 59.1 Å². The Morgan fingerprint density at radius 3 is 2.71 bits per heavy atom. The van der Waals surface area contributed by atoms with Crippen molar-refractivity contribution in [2.24, 2.45) is 0 Å². The average Bonchev–Trinajstić information content (AvgIpc) is 2.41. The zero-order valence-electron chi connectivity index (χ0n) is 7.31. The zero-order valence-corrected chi connectivity index (χ0v) is 12.9. The third kappa shape index (κ3) is 3.64. The lowest BCUT2D eigenvalue weighted by Gasteiger charge is -2.05. The fourth-order valence-corrected chi connectivity index (χ4v) is 3.78. The number of hydrogen-bond donors (Lipinski definition) is 1. The van der Waals surface area contributed by atoms with Crippen molar-refractivity contribution in [1.29, 1.82) is 0 Å². The van der Waals surface area contributed by atoms with Gasteiger partial charge in [0.2, 0.25) is 0 Å². The van der Waals surface area contributed by atoms with E-state index in [0.29, 0.717) is 12.1 Å². The number of nitrogens with one attached hydrogen (secondary N) is 1. The average molecular weight is 406 g/mol. The summed E-state index contributed by atoms with van der Waals surface area (Å²) in [5, 5.41) is 2.82. The van der Waals surface area contributed by atoms with Crippen LogP contribution in [0.5, 0.6) is 0 Å². The van der Waals surface area contributed by atoms with E-state index in [4.69, 9.17) is 0 Å². The molecule has 0 radical (unpaired) electrons. The van der Waals surface area contributed by atoms with Crippen LogP contribution in [-0.4, -0.2) is 17.3 Å². The highest BCUT2D eigenvalue weighted by Gasteiger charge is 2.13. The van der Waals surface area contributed by atoms with Gasteiger partial charge in [-0.15, -0.1) is 11.3 Å². The standard InChI is InChI=1S/C8H8Br3NOS/c1-4(9)3-12-8(13)5-2-6(10)14-7(5)11/h2,4H,3H2,1H3,(H,12,13). The minimum absolute atomic E-state index is 0.0508. The van der Waals surface area contributed by atoms with Gasteiger partial charge < -0.3 is 5.32 Å². The minimum Gasteiger partial charge on any atom is -0.351 e. The molecule has 1 rings (SSSR count). The summed E-state index contributed by atoms with van der Waals surface area (Å²) in [6.45, 7) is 2.61. The summed E-state index contributed by atoms with van der Waals surface area (Å²) < 4.78 is 1.80. The van der Waals surface area contributed by atoms with Crippen LogP contribution in [-0.2, 0) is 0 Å². The molecular weight excluding hydrogens is 398 g/mol. The number of amides is 1. The van der Waals surface area contributed by atoms with Gasteiger partial charge in [-0.05, 0) is 37.9 Å². The predicted octanol–water partition coefficient (Wildman–Crippen LogP) is 3.79. The molecule has 0 saturated carbocycles. The van der Waals surface area contributed by atoms with Gasteiger partial charge in [0, 0.05) is 11.4 Å². The second-order valence-corrected chi connectivity index (χ2v) is 8.04. The van der Waals surface area contributed by atoms with Crippen LogP contribution < -0.4 is 5.32 Å². The third-order valence-electron chi connectivity index (χ3n) is 1.45. The molecular formula is C8H8Br3NOS. The van der Waals surface area contributed by atoms with Gasteiger partial charge in [-0.3, -0.25) is 4.79 Å². The summed E-state index contributed by atoms with van der Waals surface area (Å²) in [5.41, 5.74) is 0.676. The summed E-state index contributed by atoms with van der Waals surface area (Å²) in [4.78, 5) is 11.9. The van der Waals surface area contributed by atoms with Gasteiger partial charge in [-0.1, -0.05) is 22.9 Å². The first-order chi connectivity index (χ1) is 6.50. The zero-order chi connectivity index (χ0) is 10.7. The Morgan fingerprint density at radius 2 is 2.29 bits per heavy atom. The van der Waals surface area contributed by atoms with Gasteiger partial charge >= 0.3 is 0 Å². The summed E-state index contributed by atoms with van der Waals surface area (Å²) in [7, 11) is 0.